The van der Waals surface area contributed by atoms with Crippen molar-refractivity contribution < 1.29 is 22.7 Å². The Bertz CT molecular complexity index is 1100. The van der Waals surface area contributed by atoms with Crippen molar-refractivity contribution in [3.05, 3.63) is 48.0 Å². The fourth-order valence-electron chi connectivity index (χ4n) is 3.26. The summed E-state index contributed by atoms with van der Waals surface area (Å²) >= 11 is 0. The number of amides is 2. The Balaban J connectivity index is 1.76. The zero-order valence-corrected chi connectivity index (χ0v) is 19.5. The van der Waals surface area contributed by atoms with E-state index in [-0.39, 0.29) is 23.3 Å². The second-order valence-corrected chi connectivity index (χ2v) is 10.1. The van der Waals surface area contributed by atoms with Gasteiger partial charge in [0.05, 0.1) is 10.6 Å². The summed E-state index contributed by atoms with van der Waals surface area (Å²) in [7, 11) is 3.29. The molecule has 0 bridgehead atoms. The van der Waals surface area contributed by atoms with Gasteiger partial charge in [0, 0.05) is 31.9 Å². The van der Waals surface area contributed by atoms with Crippen molar-refractivity contribution >= 4 is 33.2 Å². The smallest absolute Gasteiger partial charge is 0.265 e. The van der Waals surface area contributed by atoms with Crippen LogP contribution in [0.25, 0.3) is 0 Å². The molecule has 32 heavy (non-hydrogen) atoms. The summed E-state index contributed by atoms with van der Waals surface area (Å²) in [5.74, 6) is 0.0732. The summed E-state index contributed by atoms with van der Waals surface area (Å²) in [5, 5.41) is 2.80. The molecule has 9 nitrogen and oxygen atoms in total. The van der Waals surface area contributed by atoms with Crippen LogP contribution < -0.4 is 15.0 Å². The van der Waals surface area contributed by atoms with E-state index in [1.807, 2.05) is 14.1 Å². The fourth-order valence-corrected chi connectivity index (χ4v) is 4.16. The summed E-state index contributed by atoms with van der Waals surface area (Å²) in [4.78, 5) is 28.9. The Morgan fingerprint density at radius 1 is 1.09 bits per heavy atom. The third-order valence-electron chi connectivity index (χ3n) is 5.04. The van der Waals surface area contributed by atoms with Gasteiger partial charge in [0.1, 0.15) is 5.75 Å². The van der Waals surface area contributed by atoms with E-state index in [4.69, 9.17) is 4.74 Å². The third kappa shape index (κ3) is 5.26. The lowest BCUT2D eigenvalue weighted by Gasteiger charge is -2.30. The largest absolute Gasteiger partial charge is 0.482 e. The Morgan fingerprint density at radius 2 is 1.78 bits per heavy atom. The number of anilines is 2. The van der Waals surface area contributed by atoms with Gasteiger partial charge in [0.2, 0.25) is 10.0 Å². The van der Waals surface area contributed by atoms with Gasteiger partial charge in [-0.05, 0) is 69.5 Å². The van der Waals surface area contributed by atoms with Gasteiger partial charge in [-0.25, -0.2) is 12.7 Å². The first-order chi connectivity index (χ1) is 15.1. The van der Waals surface area contributed by atoms with Gasteiger partial charge in [0.25, 0.3) is 11.8 Å². The number of carbonyl (C=O) groups excluding carboxylic acids is 2. The molecule has 0 atom stereocenters. The molecule has 1 heterocycles. The minimum atomic E-state index is -3.57. The van der Waals surface area contributed by atoms with E-state index in [1.165, 1.54) is 38.4 Å². The predicted molar refractivity (Wildman–Crippen MR) is 123 cm³/mol. The van der Waals surface area contributed by atoms with Crippen molar-refractivity contribution in [3.63, 3.8) is 0 Å². The van der Waals surface area contributed by atoms with Crippen LogP contribution in [0.2, 0.25) is 0 Å². The van der Waals surface area contributed by atoms with Crippen molar-refractivity contribution in [2.75, 3.05) is 58.1 Å². The van der Waals surface area contributed by atoms with Gasteiger partial charge in [-0.2, -0.15) is 0 Å². The Kier molecular flexibility index (Phi) is 7.17. The number of nitrogens with zero attached hydrogens (tertiary/aromatic N) is 3. The Labute approximate surface area is 188 Å². The van der Waals surface area contributed by atoms with Crippen LogP contribution in [-0.4, -0.2) is 77.3 Å². The lowest BCUT2D eigenvalue weighted by Crippen LogP contribution is -2.40. The molecule has 0 aromatic heterocycles. The van der Waals surface area contributed by atoms with E-state index >= 15 is 0 Å². The number of sulfonamides is 1. The van der Waals surface area contributed by atoms with Gasteiger partial charge in [-0.3, -0.25) is 9.59 Å². The summed E-state index contributed by atoms with van der Waals surface area (Å²) in [6.07, 6.45) is 0.803. The summed E-state index contributed by atoms with van der Waals surface area (Å²) in [6, 6.07) is 10.9. The number of hydrogen-bond acceptors (Lipinski definition) is 6. The van der Waals surface area contributed by atoms with Crippen molar-refractivity contribution in [2.45, 2.75) is 11.3 Å². The maximum Gasteiger partial charge on any atom is 0.265 e. The predicted octanol–water partition coefficient (Wildman–Crippen LogP) is 1.87. The molecule has 1 aliphatic heterocycles. The number of rotatable bonds is 8. The van der Waals surface area contributed by atoms with Gasteiger partial charge in [0.15, 0.2) is 6.61 Å². The molecule has 0 saturated heterocycles. The van der Waals surface area contributed by atoms with Crippen LogP contribution in [0.5, 0.6) is 5.75 Å². The van der Waals surface area contributed by atoms with Crippen LogP contribution in [0.3, 0.4) is 0 Å². The first kappa shape index (κ1) is 23.7. The lowest BCUT2D eigenvalue weighted by molar-refractivity contribution is -0.121. The van der Waals surface area contributed by atoms with Crippen molar-refractivity contribution in [3.8, 4) is 5.75 Å². The monoisotopic (exact) mass is 460 g/mol. The topological polar surface area (TPSA) is 99.3 Å². The molecular weight excluding hydrogens is 432 g/mol. The maximum absolute atomic E-state index is 12.7. The molecule has 0 radical (unpaired) electrons. The Hall–Kier alpha value is -2.95. The molecule has 10 heteroatoms. The molecule has 0 saturated carbocycles. The van der Waals surface area contributed by atoms with Crippen LogP contribution in [0.1, 0.15) is 16.8 Å². The standard InChI is InChI=1S/C22H28N4O5S/c1-24(2)12-5-13-26-19-14-17(8-11-20(19)31-15-21(26)27)23-22(28)16-6-9-18(10-7-16)32(29,30)25(3)4/h6-11,14H,5,12-13,15H2,1-4H3,(H,23,28). The highest BCUT2D eigenvalue weighted by atomic mass is 32.2. The zero-order valence-electron chi connectivity index (χ0n) is 18.7. The molecule has 0 spiro atoms. The molecule has 2 amide bonds. The van der Waals surface area contributed by atoms with E-state index in [2.05, 4.69) is 10.2 Å². The van der Waals surface area contributed by atoms with Crippen molar-refractivity contribution in [2.24, 2.45) is 0 Å². The second kappa shape index (κ2) is 9.68. The van der Waals surface area contributed by atoms with E-state index < -0.39 is 10.0 Å². The molecular formula is C22H28N4O5S. The van der Waals surface area contributed by atoms with Crippen molar-refractivity contribution in [1.82, 2.24) is 9.21 Å². The minimum Gasteiger partial charge on any atom is -0.482 e. The van der Waals surface area contributed by atoms with Crippen LogP contribution in [0.15, 0.2) is 47.4 Å². The fraction of sp³-hybridized carbons (Fsp3) is 0.364. The summed E-state index contributed by atoms with van der Waals surface area (Å²) in [5.41, 5.74) is 1.44. The highest BCUT2D eigenvalue weighted by Gasteiger charge is 2.26. The van der Waals surface area contributed by atoms with Gasteiger partial charge < -0.3 is 19.9 Å². The van der Waals surface area contributed by atoms with Gasteiger partial charge in [-0.1, -0.05) is 0 Å². The second-order valence-electron chi connectivity index (χ2n) is 7.94. The molecule has 2 aromatic rings. The summed E-state index contributed by atoms with van der Waals surface area (Å²) in [6.45, 7) is 1.38. The molecule has 2 aromatic carbocycles. The number of carbonyl (C=O) groups is 2. The molecule has 1 N–H and O–H groups in total. The number of benzene rings is 2. The lowest BCUT2D eigenvalue weighted by atomic mass is 10.1. The zero-order chi connectivity index (χ0) is 23.5. The number of nitrogens with one attached hydrogen (secondary N) is 1. The van der Waals surface area contributed by atoms with Gasteiger partial charge in [-0.15, -0.1) is 0 Å². The molecule has 172 valence electrons. The van der Waals surface area contributed by atoms with Crippen LogP contribution in [0, 0.1) is 0 Å². The maximum atomic E-state index is 12.7. The molecule has 0 unspecified atom stereocenters. The van der Waals surface area contributed by atoms with Crippen LogP contribution in [0.4, 0.5) is 11.4 Å². The third-order valence-corrected chi connectivity index (χ3v) is 6.87. The quantitative estimate of drug-likeness (QED) is 0.646. The van der Waals surface area contributed by atoms with E-state index in [0.717, 1.165) is 17.3 Å². The average Bonchev–Trinajstić information content (AvgIpc) is 2.75. The number of hydrogen-bond donors (Lipinski definition) is 1. The normalized spacial score (nSPS) is 13.8. The highest BCUT2D eigenvalue weighted by Crippen LogP contribution is 2.34. The number of fused-ring (bicyclic) bond motifs is 1. The van der Waals surface area contributed by atoms with Gasteiger partial charge >= 0.3 is 0 Å². The molecule has 0 fully saturated rings. The first-order valence-corrected chi connectivity index (χ1v) is 11.6. The molecule has 0 aliphatic carbocycles. The summed E-state index contributed by atoms with van der Waals surface area (Å²) < 4.78 is 31.0. The Morgan fingerprint density at radius 3 is 2.41 bits per heavy atom. The SMILES string of the molecule is CN(C)CCCN1C(=O)COc2ccc(NC(=O)c3ccc(S(=O)(=O)N(C)C)cc3)cc21. The van der Waals surface area contributed by atoms with Crippen LogP contribution in [-0.2, 0) is 14.8 Å². The first-order valence-electron chi connectivity index (χ1n) is 10.2. The van der Waals surface area contributed by atoms with E-state index in [1.54, 1.807) is 23.1 Å². The van der Waals surface area contributed by atoms with E-state index in [9.17, 15) is 18.0 Å². The molecule has 1 aliphatic rings. The van der Waals surface area contributed by atoms with Crippen molar-refractivity contribution in [1.29, 1.82) is 0 Å². The van der Waals surface area contributed by atoms with Crippen LogP contribution >= 0.6 is 0 Å². The minimum absolute atomic E-state index is 0.0110. The van der Waals surface area contributed by atoms with E-state index in [0.29, 0.717) is 29.2 Å². The number of ether oxygens (including phenoxy) is 1. The highest BCUT2D eigenvalue weighted by molar-refractivity contribution is 7.89. The average molecular weight is 461 g/mol. The molecule has 3 rings (SSSR count).